The van der Waals surface area contributed by atoms with Crippen molar-refractivity contribution in [2.24, 2.45) is 0 Å². The summed E-state index contributed by atoms with van der Waals surface area (Å²) >= 11 is 0. The van der Waals surface area contributed by atoms with Gasteiger partial charge in [-0.2, -0.15) is 0 Å². The molecule has 0 saturated heterocycles. The van der Waals surface area contributed by atoms with Gasteiger partial charge in [-0.3, -0.25) is 0 Å². The molecule has 1 heterocycles. The van der Waals surface area contributed by atoms with E-state index >= 15 is 0 Å². The highest BCUT2D eigenvalue weighted by atomic mass is 16.5. The molecule has 0 bridgehead atoms. The van der Waals surface area contributed by atoms with Gasteiger partial charge in [-0.1, -0.05) is 140 Å². The van der Waals surface area contributed by atoms with Gasteiger partial charge in [-0.25, -0.2) is 0 Å². The molecule has 9 rings (SSSR count). The fraction of sp³-hybridized carbons (Fsp3) is 0. The maximum Gasteiger partial charge on any atom is 0.135 e. The van der Waals surface area contributed by atoms with Gasteiger partial charge in [0, 0.05) is 10.9 Å². The van der Waals surface area contributed by atoms with E-state index in [1.165, 1.54) is 16.5 Å². The molecule has 8 aromatic carbocycles. The van der Waals surface area contributed by atoms with Crippen molar-refractivity contribution < 1.29 is 6.11 Å². The smallest absolute Gasteiger partial charge is 0.135 e. The van der Waals surface area contributed by atoms with Crippen molar-refractivity contribution in [1.29, 1.82) is 0 Å². The Morgan fingerprint density at radius 3 is 1.86 bits per heavy atom. The topological polar surface area (TPSA) is 9.23 Å². The summed E-state index contributed by atoms with van der Waals surface area (Å²) < 4.78 is 15.7. The van der Waals surface area contributed by atoms with E-state index in [1.807, 2.05) is 30.3 Å². The second-order valence-electron chi connectivity index (χ2n) is 11.1. The predicted molar refractivity (Wildman–Crippen MR) is 181 cm³/mol. The van der Waals surface area contributed by atoms with Crippen LogP contribution in [0.5, 0.6) is 11.5 Å². The fourth-order valence-electron chi connectivity index (χ4n) is 6.92. The van der Waals surface area contributed by atoms with E-state index in [-0.39, 0.29) is 0 Å². The van der Waals surface area contributed by atoms with Crippen molar-refractivity contribution >= 4 is 32.3 Å². The Morgan fingerprint density at radius 1 is 0.372 bits per heavy atom. The zero-order chi connectivity index (χ0) is 29.2. The van der Waals surface area contributed by atoms with Gasteiger partial charge in [0.25, 0.3) is 0 Å². The highest BCUT2D eigenvalue weighted by Crippen LogP contribution is 2.51. The standard InChI is InChI=1S/C42H26O/c1-2-12-27(13-3-1)28-14-10-15-29(26-28)40-31-17-4-6-19-33(31)41(34-20-7-5-18-32(34)40)37-25-24-36-30-16-8-9-22-38(30)43-39-23-11-21-35(37)42(36)39/h1-26H/i17D. The van der Waals surface area contributed by atoms with Crippen molar-refractivity contribution in [2.75, 3.05) is 0 Å². The lowest BCUT2D eigenvalue weighted by Gasteiger charge is -2.24. The fourth-order valence-corrected chi connectivity index (χ4v) is 6.92. The summed E-state index contributed by atoms with van der Waals surface area (Å²) in [7, 11) is 0. The molecule has 200 valence electrons. The Labute approximate surface area is 251 Å². The number of para-hydroxylation sites is 1. The van der Waals surface area contributed by atoms with E-state index in [1.54, 1.807) is 0 Å². The van der Waals surface area contributed by atoms with E-state index in [0.29, 0.717) is 6.04 Å². The van der Waals surface area contributed by atoms with Gasteiger partial charge in [-0.15, -0.1) is 0 Å². The van der Waals surface area contributed by atoms with E-state index in [0.717, 1.165) is 71.8 Å². The summed E-state index contributed by atoms with van der Waals surface area (Å²) in [6.07, 6.45) is 0. The molecule has 0 amide bonds. The lowest BCUT2D eigenvalue weighted by Crippen LogP contribution is -1.98. The maximum atomic E-state index is 9.24. The van der Waals surface area contributed by atoms with Gasteiger partial charge in [0.15, 0.2) is 0 Å². The molecule has 0 fully saturated rings. The Bertz CT molecular complexity index is 2420. The molecule has 0 spiro atoms. The number of hydrogen-bond acceptors (Lipinski definition) is 1. The third kappa shape index (κ3) is 3.65. The first kappa shape index (κ1) is 23.0. The highest BCUT2D eigenvalue weighted by Gasteiger charge is 2.23. The lowest BCUT2D eigenvalue weighted by atomic mass is 9.83. The molecule has 1 aliphatic rings. The minimum atomic E-state index is 0.523. The van der Waals surface area contributed by atoms with Crippen LogP contribution in [-0.4, -0.2) is 0 Å². The molecule has 1 aliphatic heterocycles. The molecule has 0 radical (unpaired) electrons. The van der Waals surface area contributed by atoms with Crippen molar-refractivity contribution in [1.82, 2.24) is 0 Å². The summed E-state index contributed by atoms with van der Waals surface area (Å²) in [4.78, 5) is 0. The summed E-state index contributed by atoms with van der Waals surface area (Å²) in [5, 5.41) is 6.63. The van der Waals surface area contributed by atoms with Gasteiger partial charge < -0.3 is 4.74 Å². The first-order valence-corrected chi connectivity index (χ1v) is 14.7. The first-order valence-electron chi connectivity index (χ1n) is 15.2. The van der Waals surface area contributed by atoms with Crippen molar-refractivity contribution in [3.63, 3.8) is 0 Å². The number of ether oxygens (including phenoxy) is 1. The molecule has 0 atom stereocenters. The van der Waals surface area contributed by atoms with Crippen LogP contribution in [-0.2, 0) is 0 Å². The minimum absolute atomic E-state index is 0.523. The van der Waals surface area contributed by atoms with E-state index in [2.05, 4.69) is 121 Å². The Morgan fingerprint density at radius 2 is 0.977 bits per heavy atom. The number of benzene rings is 8. The van der Waals surface area contributed by atoms with Crippen molar-refractivity contribution in [2.45, 2.75) is 0 Å². The van der Waals surface area contributed by atoms with E-state index < -0.39 is 0 Å². The van der Waals surface area contributed by atoms with Gasteiger partial charge in [0.05, 0.1) is 1.37 Å². The first-order chi connectivity index (χ1) is 21.8. The van der Waals surface area contributed by atoms with Gasteiger partial charge in [0.1, 0.15) is 11.5 Å². The van der Waals surface area contributed by atoms with E-state index in [9.17, 15) is 1.37 Å². The molecule has 0 aliphatic carbocycles. The lowest BCUT2D eigenvalue weighted by molar-refractivity contribution is 0.487. The van der Waals surface area contributed by atoms with Crippen molar-refractivity contribution in [3.05, 3.63) is 158 Å². The SMILES string of the molecule is [2H]c1cccc2c(-c3ccc4c5c(cccc35)Oc3ccccc3-4)c3ccccc3c(-c3cccc(-c4ccccc4)c3)c12. The zero-order valence-electron chi connectivity index (χ0n) is 24.3. The van der Waals surface area contributed by atoms with Crippen LogP contribution in [0.3, 0.4) is 0 Å². The average molecular weight is 548 g/mol. The molecule has 8 aromatic rings. The largest absolute Gasteiger partial charge is 0.456 e. The highest BCUT2D eigenvalue weighted by molar-refractivity contribution is 6.24. The van der Waals surface area contributed by atoms with Gasteiger partial charge in [0.2, 0.25) is 0 Å². The van der Waals surface area contributed by atoms with Crippen LogP contribution in [0.1, 0.15) is 1.37 Å². The minimum Gasteiger partial charge on any atom is -0.456 e. The molecule has 1 heteroatoms. The predicted octanol–water partition coefficient (Wildman–Crippen LogP) is 11.9. The molecule has 0 aromatic heterocycles. The van der Waals surface area contributed by atoms with E-state index in [4.69, 9.17) is 4.74 Å². The summed E-state index contributed by atoms with van der Waals surface area (Å²) in [5.41, 5.74) is 9.14. The van der Waals surface area contributed by atoms with Crippen LogP contribution in [0, 0.1) is 0 Å². The molecule has 0 saturated carbocycles. The van der Waals surface area contributed by atoms with Crippen LogP contribution in [0.2, 0.25) is 0 Å². The average Bonchev–Trinajstić information content (AvgIpc) is 3.08. The zero-order valence-corrected chi connectivity index (χ0v) is 23.3. The third-order valence-corrected chi connectivity index (χ3v) is 8.77. The monoisotopic (exact) mass is 547 g/mol. The summed E-state index contributed by atoms with van der Waals surface area (Å²) in [5.74, 6) is 1.76. The second kappa shape index (κ2) is 9.44. The van der Waals surface area contributed by atoms with Crippen LogP contribution in [0.25, 0.3) is 76.8 Å². The molecule has 43 heavy (non-hydrogen) atoms. The van der Waals surface area contributed by atoms with Gasteiger partial charge >= 0.3 is 0 Å². The Balaban J connectivity index is 1.38. The van der Waals surface area contributed by atoms with Gasteiger partial charge in [-0.05, 0) is 84.1 Å². The third-order valence-electron chi connectivity index (χ3n) is 8.77. The number of rotatable bonds is 3. The maximum absolute atomic E-state index is 9.24. The molecule has 0 N–H and O–H groups in total. The summed E-state index contributed by atoms with van der Waals surface area (Å²) in [6.45, 7) is 0. The quantitative estimate of drug-likeness (QED) is 0.200. The van der Waals surface area contributed by atoms with Crippen LogP contribution >= 0.6 is 0 Å². The number of fused-ring (bicyclic) bond motifs is 4. The van der Waals surface area contributed by atoms with Crippen LogP contribution < -0.4 is 4.74 Å². The Kier molecular flexibility index (Phi) is 5.04. The molecular formula is C42H26O. The summed E-state index contributed by atoms with van der Waals surface area (Å²) in [6, 6.07) is 53.6. The normalized spacial score (nSPS) is 12.2. The molecule has 0 unspecified atom stereocenters. The van der Waals surface area contributed by atoms with Crippen molar-refractivity contribution in [3.8, 4) is 56.0 Å². The molecular weight excluding hydrogens is 520 g/mol. The Hall–Kier alpha value is -5.66. The number of hydrogen-bond donors (Lipinski definition) is 0. The second-order valence-corrected chi connectivity index (χ2v) is 11.1. The molecule has 1 nitrogen and oxygen atoms in total. The van der Waals surface area contributed by atoms with Crippen LogP contribution in [0.4, 0.5) is 0 Å². The van der Waals surface area contributed by atoms with Crippen LogP contribution in [0.15, 0.2) is 158 Å².